The Balaban J connectivity index is 2.25. The molecule has 4 N–H and O–H groups in total. The van der Waals surface area contributed by atoms with Gasteiger partial charge in [0.25, 0.3) is 0 Å². The Morgan fingerprint density at radius 3 is 3.07 bits per heavy atom. The third-order valence-electron chi connectivity index (χ3n) is 2.30. The van der Waals surface area contributed by atoms with E-state index in [4.69, 9.17) is 10.5 Å². The smallest absolute Gasteiger partial charge is 0.142 e. The van der Waals surface area contributed by atoms with Crippen LogP contribution in [0.1, 0.15) is 6.42 Å². The van der Waals surface area contributed by atoms with Crippen molar-refractivity contribution in [2.45, 2.75) is 18.7 Å². The molecule has 0 aliphatic carbocycles. The number of fused-ring (bicyclic) bond motifs is 1. The summed E-state index contributed by atoms with van der Waals surface area (Å²) in [5.74, 6) is 0.762. The highest BCUT2D eigenvalue weighted by Crippen LogP contribution is 2.26. The van der Waals surface area contributed by atoms with Crippen LogP contribution in [0.3, 0.4) is 0 Å². The van der Waals surface area contributed by atoms with Crippen LogP contribution in [0.15, 0.2) is 24.3 Å². The van der Waals surface area contributed by atoms with Gasteiger partial charge in [-0.15, -0.1) is 0 Å². The zero-order chi connectivity index (χ0) is 9.97. The van der Waals surface area contributed by atoms with Gasteiger partial charge in [0.1, 0.15) is 12.0 Å². The van der Waals surface area contributed by atoms with Gasteiger partial charge in [-0.3, -0.25) is 0 Å². The van der Waals surface area contributed by atoms with Crippen molar-refractivity contribution >= 4 is 5.69 Å². The summed E-state index contributed by atoms with van der Waals surface area (Å²) in [6, 6.07) is 7.22. The van der Waals surface area contributed by atoms with Crippen LogP contribution in [0.4, 0.5) is 5.69 Å². The van der Waals surface area contributed by atoms with Crippen molar-refractivity contribution < 1.29 is 9.84 Å². The molecular formula is C10H14N2O2. The van der Waals surface area contributed by atoms with Gasteiger partial charge in [-0.25, -0.2) is 0 Å². The molecule has 2 atom stereocenters. The van der Waals surface area contributed by atoms with Gasteiger partial charge in [0.05, 0.1) is 18.3 Å². The summed E-state index contributed by atoms with van der Waals surface area (Å²) >= 11 is 0. The molecule has 0 saturated heterocycles. The van der Waals surface area contributed by atoms with Gasteiger partial charge in [-0.05, 0) is 12.1 Å². The number of nitrogens with one attached hydrogen (secondary N) is 1. The molecule has 1 aliphatic rings. The number of anilines is 1. The molecule has 4 nitrogen and oxygen atoms in total. The minimum Gasteiger partial charge on any atom is -0.491 e. The summed E-state index contributed by atoms with van der Waals surface area (Å²) in [5.41, 5.74) is 6.50. The van der Waals surface area contributed by atoms with E-state index < -0.39 is 6.23 Å². The number of benzene rings is 1. The predicted molar refractivity (Wildman–Crippen MR) is 54.2 cm³/mol. The van der Waals surface area contributed by atoms with Crippen LogP contribution in [0.25, 0.3) is 0 Å². The summed E-state index contributed by atoms with van der Waals surface area (Å²) in [7, 11) is 0. The van der Waals surface area contributed by atoms with Crippen molar-refractivity contribution in [2.75, 3.05) is 11.9 Å². The molecule has 0 bridgehead atoms. The topological polar surface area (TPSA) is 67.5 Å². The second-order valence-electron chi connectivity index (χ2n) is 3.39. The molecule has 0 saturated carbocycles. The van der Waals surface area contributed by atoms with Crippen molar-refractivity contribution in [3.8, 4) is 5.75 Å². The molecule has 0 spiro atoms. The fourth-order valence-electron chi connectivity index (χ4n) is 1.44. The number of nitrogens with two attached hydrogens (primary N) is 1. The molecule has 14 heavy (non-hydrogen) atoms. The molecule has 0 radical (unpaired) electrons. The average Bonchev–Trinajstić information content (AvgIpc) is 2.18. The van der Waals surface area contributed by atoms with E-state index in [2.05, 4.69) is 5.32 Å². The maximum absolute atomic E-state index is 9.64. The monoisotopic (exact) mass is 194 g/mol. The van der Waals surface area contributed by atoms with Crippen molar-refractivity contribution in [3.63, 3.8) is 0 Å². The van der Waals surface area contributed by atoms with E-state index in [0.29, 0.717) is 13.0 Å². The number of rotatable bonds is 0. The fourth-order valence-corrected chi connectivity index (χ4v) is 1.44. The Kier molecular flexibility index (Phi) is 2.56. The van der Waals surface area contributed by atoms with Crippen LogP contribution < -0.4 is 15.8 Å². The molecule has 1 heterocycles. The first-order valence-corrected chi connectivity index (χ1v) is 4.69. The molecule has 0 aromatic heterocycles. The van der Waals surface area contributed by atoms with E-state index >= 15 is 0 Å². The Labute approximate surface area is 82.7 Å². The van der Waals surface area contributed by atoms with Crippen LogP contribution in [-0.2, 0) is 0 Å². The van der Waals surface area contributed by atoms with Crippen LogP contribution in [0, 0.1) is 0 Å². The Morgan fingerprint density at radius 1 is 1.43 bits per heavy atom. The molecule has 1 aromatic rings. The minimum absolute atomic E-state index is 0.289. The largest absolute Gasteiger partial charge is 0.491 e. The number of ether oxygens (including phenoxy) is 1. The first-order valence-electron chi connectivity index (χ1n) is 4.69. The van der Waals surface area contributed by atoms with Crippen molar-refractivity contribution in [1.82, 2.24) is 0 Å². The molecule has 1 aliphatic heterocycles. The van der Waals surface area contributed by atoms with E-state index in [-0.39, 0.29) is 6.04 Å². The third kappa shape index (κ3) is 1.81. The highest BCUT2D eigenvalue weighted by atomic mass is 16.5. The number of aliphatic hydroxyl groups is 1. The van der Waals surface area contributed by atoms with E-state index in [1.807, 2.05) is 24.3 Å². The van der Waals surface area contributed by atoms with E-state index in [9.17, 15) is 5.11 Å². The molecular weight excluding hydrogens is 180 g/mol. The average molecular weight is 194 g/mol. The molecule has 2 rings (SSSR count). The van der Waals surface area contributed by atoms with Crippen LogP contribution in [0.2, 0.25) is 0 Å². The number of para-hydroxylation sites is 2. The quantitative estimate of drug-likeness (QED) is 0.563. The zero-order valence-corrected chi connectivity index (χ0v) is 7.81. The first-order chi connectivity index (χ1) is 6.77. The van der Waals surface area contributed by atoms with Gasteiger partial charge in [0.2, 0.25) is 0 Å². The lowest BCUT2D eigenvalue weighted by Crippen LogP contribution is -2.42. The summed E-state index contributed by atoms with van der Waals surface area (Å²) in [6.07, 6.45) is -0.0669. The van der Waals surface area contributed by atoms with Crippen molar-refractivity contribution in [1.29, 1.82) is 0 Å². The SMILES string of the molecule is N[C@H]1CCOc2ccccc2NC1O. The third-order valence-corrected chi connectivity index (χ3v) is 2.30. The second-order valence-corrected chi connectivity index (χ2v) is 3.39. The zero-order valence-electron chi connectivity index (χ0n) is 7.81. The summed E-state index contributed by atoms with van der Waals surface area (Å²) in [4.78, 5) is 0. The summed E-state index contributed by atoms with van der Waals surface area (Å²) in [5, 5.41) is 12.6. The normalized spacial score (nSPS) is 26.4. The Bertz CT molecular complexity index is 317. The maximum atomic E-state index is 9.64. The molecule has 4 heteroatoms. The van der Waals surface area contributed by atoms with Crippen molar-refractivity contribution in [2.24, 2.45) is 5.73 Å². The van der Waals surface area contributed by atoms with E-state index in [0.717, 1.165) is 11.4 Å². The summed E-state index contributed by atoms with van der Waals surface area (Å²) in [6.45, 7) is 0.539. The van der Waals surface area contributed by atoms with E-state index in [1.54, 1.807) is 0 Å². The van der Waals surface area contributed by atoms with Gasteiger partial charge >= 0.3 is 0 Å². The van der Waals surface area contributed by atoms with Gasteiger partial charge in [-0.2, -0.15) is 0 Å². The standard InChI is InChI=1S/C10H14N2O2/c11-7-5-6-14-9-4-2-1-3-8(9)12-10(7)13/h1-4,7,10,12-13H,5-6,11H2/t7-,10?/m0/s1. The maximum Gasteiger partial charge on any atom is 0.142 e. The fraction of sp³-hybridized carbons (Fsp3) is 0.400. The van der Waals surface area contributed by atoms with Gasteiger partial charge in [0, 0.05) is 6.42 Å². The van der Waals surface area contributed by atoms with Crippen LogP contribution >= 0.6 is 0 Å². The molecule has 0 amide bonds. The van der Waals surface area contributed by atoms with Gasteiger partial charge in [-0.1, -0.05) is 12.1 Å². The lowest BCUT2D eigenvalue weighted by molar-refractivity contribution is 0.149. The molecule has 0 fully saturated rings. The van der Waals surface area contributed by atoms with Crippen LogP contribution in [0.5, 0.6) is 5.75 Å². The number of aliphatic hydroxyl groups excluding tert-OH is 1. The molecule has 76 valence electrons. The van der Waals surface area contributed by atoms with Gasteiger partial charge < -0.3 is 20.9 Å². The number of hydrogen-bond acceptors (Lipinski definition) is 4. The van der Waals surface area contributed by atoms with Crippen LogP contribution in [-0.4, -0.2) is 24.0 Å². The minimum atomic E-state index is -0.708. The van der Waals surface area contributed by atoms with Crippen molar-refractivity contribution in [3.05, 3.63) is 24.3 Å². The lowest BCUT2D eigenvalue weighted by atomic mass is 10.1. The second kappa shape index (κ2) is 3.86. The highest BCUT2D eigenvalue weighted by molar-refractivity contribution is 5.56. The van der Waals surface area contributed by atoms with Gasteiger partial charge in [0.15, 0.2) is 0 Å². The molecule has 1 aromatic carbocycles. The Morgan fingerprint density at radius 2 is 2.21 bits per heavy atom. The first kappa shape index (κ1) is 9.30. The highest BCUT2D eigenvalue weighted by Gasteiger charge is 2.18. The van der Waals surface area contributed by atoms with E-state index in [1.165, 1.54) is 0 Å². The summed E-state index contributed by atoms with van der Waals surface area (Å²) < 4.78 is 5.49. The lowest BCUT2D eigenvalue weighted by Gasteiger charge is -2.25. The molecule has 1 unspecified atom stereocenters. The number of hydrogen-bond donors (Lipinski definition) is 3. The Hall–Kier alpha value is -1.26. The predicted octanol–water partition coefficient (Wildman–Crippen LogP) is 0.527.